The molecule has 1 fully saturated rings. The van der Waals surface area contributed by atoms with Crippen molar-refractivity contribution in [2.75, 3.05) is 6.54 Å². The summed E-state index contributed by atoms with van der Waals surface area (Å²) >= 11 is 3.34. The van der Waals surface area contributed by atoms with Crippen molar-refractivity contribution in [3.05, 3.63) is 35.0 Å². The molecule has 92 valence electrons. The van der Waals surface area contributed by atoms with Crippen LogP contribution in [-0.4, -0.2) is 29.8 Å². The van der Waals surface area contributed by atoms with Crippen LogP contribution in [0.3, 0.4) is 0 Å². The Morgan fingerprint density at radius 3 is 2.88 bits per heavy atom. The van der Waals surface area contributed by atoms with E-state index in [0.29, 0.717) is 25.1 Å². The number of halogens is 1. The minimum Gasteiger partial charge on any atom is -0.347 e. The third kappa shape index (κ3) is 3.56. The SMILES string of the molecule is C=C(/C=C\C(Br)=C/C)N1CCC(NC=O)C1=O. The Bertz CT molecular complexity index is 388. The second-order valence-corrected chi connectivity index (χ2v) is 4.53. The van der Waals surface area contributed by atoms with Crippen LogP contribution < -0.4 is 5.32 Å². The molecule has 2 amide bonds. The van der Waals surface area contributed by atoms with Gasteiger partial charge in [-0.1, -0.05) is 28.6 Å². The van der Waals surface area contributed by atoms with Crippen LogP contribution in [0.25, 0.3) is 0 Å². The Morgan fingerprint density at radius 1 is 1.59 bits per heavy atom. The molecule has 0 aliphatic carbocycles. The molecule has 0 spiro atoms. The molecule has 1 aliphatic rings. The van der Waals surface area contributed by atoms with E-state index < -0.39 is 6.04 Å². The Hall–Kier alpha value is -1.36. The van der Waals surface area contributed by atoms with Crippen molar-refractivity contribution < 1.29 is 9.59 Å². The Labute approximate surface area is 109 Å². The second-order valence-electron chi connectivity index (χ2n) is 3.61. The summed E-state index contributed by atoms with van der Waals surface area (Å²) in [5, 5.41) is 2.50. The van der Waals surface area contributed by atoms with Crippen molar-refractivity contribution in [1.29, 1.82) is 0 Å². The van der Waals surface area contributed by atoms with Crippen molar-refractivity contribution in [3.63, 3.8) is 0 Å². The Balaban J connectivity index is 2.63. The van der Waals surface area contributed by atoms with Gasteiger partial charge < -0.3 is 10.2 Å². The van der Waals surface area contributed by atoms with Crippen LogP contribution in [0.2, 0.25) is 0 Å². The molecule has 0 aromatic heterocycles. The van der Waals surface area contributed by atoms with Crippen molar-refractivity contribution in [1.82, 2.24) is 10.2 Å². The number of allylic oxidation sites excluding steroid dienone is 4. The average Bonchev–Trinajstić information content (AvgIpc) is 2.68. The molecule has 0 bridgehead atoms. The normalized spacial score (nSPS) is 21.1. The van der Waals surface area contributed by atoms with Crippen LogP contribution in [0.1, 0.15) is 13.3 Å². The third-order valence-corrected chi connectivity index (χ3v) is 3.25. The zero-order valence-corrected chi connectivity index (χ0v) is 11.2. The summed E-state index contributed by atoms with van der Waals surface area (Å²) in [5.41, 5.74) is 0.629. The molecule has 0 radical (unpaired) electrons. The van der Waals surface area contributed by atoms with Crippen molar-refractivity contribution in [2.45, 2.75) is 19.4 Å². The van der Waals surface area contributed by atoms with Crippen LogP contribution >= 0.6 is 15.9 Å². The Morgan fingerprint density at radius 2 is 2.29 bits per heavy atom. The number of hydrogen-bond acceptors (Lipinski definition) is 2. The summed E-state index contributed by atoms with van der Waals surface area (Å²) in [6.07, 6.45) is 6.67. The highest BCUT2D eigenvalue weighted by atomic mass is 79.9. The number of hydrogen-bond donors (Lipinski definition) is 1. The topological polar surface area (TPSA) is 49.4 Å². The number of amides is 2. The molecule has 1 saturated heterocycles. The fourth-order valence-electron chi connectivity index (χ4n) is 1.56. The number of likely N-dealkylation sites (tertiary alicyclic amines) is 1. The van der Waals surface area contributed by atoms with E-state index in [1.54, 1.807) is 11.0 Å². The smallest absolute Gasteiger partial charge is 0.249 e. The summed E-state index contributed by atoms with van der Waals surface area (Å²) in [6.45, 7) is 6.33. The third-order valence-electron chi connectivity index (χ3n) is 2.53. The molecule has 0 aromatic carbocycles. The van der Waals surface area contributed by atoms with Crippen molar-refractivity contribution >= 4 is 28.2 Å². The molecule has 0 saturated carbocycles. The molecule has 1 unspecified atom stereocenters. The average molecular weight is 299 g/mol. The number of rotatable bonds is 5. The first-order valence-electron chi connectivity index (χ1n) is 5.30. The van der Waals surface area contributed by atoms with E-state index in [-0.39, 0.29) is 5.91 Å². The molecule has 17 heavy (non-hydrogen) atoms. The Kier molecular flexibility index (Phi) is 5.15. The summed E-state index contributed by atoms with van der Waals surface area (Å²) in [6, 6.07) is -0.414. The highest BCUT2D eigenvalue weighted by Crippen LogP contribution is 2.17. The van der Waals surface area contributed by atoms with E-state index >= 15 is 0 Å². The molecule has 1 atom stereocenters. The molecule has 1 N–H and O–H groups in total. The van der Waals surface area contributed by atoms with E-state index in [1.165, 1.54) is 0 Å². The van der Waals surface area contributed by atoms with Gasteiger partial charge >= 0.3 is 0 Å². The molecule has 4 nitrogen and oxygen atoms in total. The van der Waals surface area contributed by atoms with Crippen LogP contribution in [0.15, 0.2) is 35.0 Å². The first-order valence-corrected chi connectivity index (χ1v) is 6.09. The molecular formula is C12H15BrN2O2. The lowest BCUT2D eigenvalue weighted by atomic mass is 10.2. The van der Waals surface area contributed by atoms with Gasteiger partial charge in [-0.15, -0.1) is 0 Å². The maximum Gasteiger partial charge on any atom is 0.249 e. The van der Waals surface area contributed by atoms with Gasteiger partial charge in [-0.3, -0.25) is 9.59 Å². The van der Waals surface area contributed by atoms with Gasteiger partial charge in [0.25, 0.3) is 0 Å². The van der Waals surface area contributed by atoms with E-state index in [9.17, 15) is 9.59 Å². The number of carbonyl (C=O) groups excluding carboxylic acids is 2. The summed E-state index contributed by atoms with van der Waals surface area (Å²) < 4.78 is 0.924. The quantitative estimate of drug-likeness (QED) is 0.620. The van der Waals surface area contributed by atoms with Gasteiger partial charge in [-0.05, 0) is 25.5 Å². The van der Waals surface area contributed by atoms with E-state index in [1.807, 2.05) is 19.1 Å². The van der Waals surface area contributed by atoms with E-state index in [4.69, 9.17) is 0 Å². The van der Waals surface area contributed by atoms with Crippen LogP contribution in [0.4, 0.5) is 0 Å². The van der Waals surface area contributed by atoms with Gasteiger partial charge in [0.05, 0.1) is 0 Å². The fourth-order valence-corrected chi connectivity index (χ4v) is 1.70. The zero-order valence-electron chi connectivity index (χ0n) is 9.65. The summed E-state index contributed by atoms with van der Waals surface area (Å²) in [4.78, 5) is 23.7. The minimum absolute atomic E-state index is 0.108. The molecule has 1 rings (SSSR count). The predicted octanol–water partition coefficient (Wildman–Crippen LogP) is 1.70. The van der Waals surface area contributed by atoms with Gasteiger partial charge in [0.1, 0.15) is 6.04 Å². The summed E-state index contributed by atoms with van der Waals surface area (Å²) in [7, 11) is 0. The van der Waals surface area contributed by atoms with Gasteiger partial charge in [-0.25, -0.2) is 0 Å². The molecule has 1 heterocycles. The predicted molar refractivity (Wildman–Crippen MR) is 70.3 cm³/mol. The van der Waals surface area contributed by atoms with Gasteiger partial charge in [-0.2, -0.15) is 0 Å². The molecule has 1 aliphatic heterocycles. The van der Waals surface area contributed by atoms with E-state index in [2.05, 4.69) is 27.8 Å². The lowest BCUT2D eigenvalue weighted by molar-refractivity contribution is -0.129. The maximum atomic E-state index is 11.8. The second kappa shape index (κ2) is 6.39. The number of nitrogens with zero attached hydrogens (tertiary/aromatic N) is 1. The lowest BCUT2D eigenvalue weighted by Gasteiger charge is -2.16. The van der Waals surface area contributed by atoms with Crippen molar-refractivity contribution in [3.8, 4) is 0 Å². The van der Waals surface area contributed by atoms with Crippen LogP contribution in [0.5, 0.6) is 0 Å². The summed E-state index contributed by atoms with van der Waals surface area (Å²) in [5.74, 6) is -0.108. The highest BCUT2D eigenvalue weighted by Gasteiger charge is 2.31. The fraction of sp³-hybridized carbons (Fsp3) is 0.333. The van der Waals surface area contributed by atoms with Crippen LogP contribution in [-0.2, 0) is 9.59 Å². The highest BCUT2D eigenvalue weighted by molar-refractivity contribution is 9.11. The number of nitrogens with one attached hydrogen (secondary N) is 1. The van der Waals surface area contributed by atoms with Gasteiger partial charge in [0.2, 0.25) is 12.3 Å². The number of carbonyl (C=O) groups is 2. The van der Waals surface area contributed by atoms with Gasteiger partial charge in [0, 0.05) is 16.7 Å². The molecule has 5 heteroatoms. The van der Waals surface area contributed by atoms with Crippen LogP contribution in [0, 0.1) is 0 Å². The monoisotopic (exact) mass is 298 g/mol. The zero-order chi connectivity index (χ0) is 12.8. The first kappa shape index (κ1) is 13.7. The first-order chi connectivity index (χ1) is 8.10. The molecule has 0 aromatic rings. The lowest BCUT2D eigenvalue weighted by Crippen LogP contribution is -2.36. The minimum atomic E-state index is -0.414. The largest absolute Gasteiger partial charge is 0.347 e. The van der Waals surface area contributed by atoms with Crippen molar-refractivity contribution in [2.24, 2.45) is 0 Å². The molecular weight excluding hydrogens is 284 g/mol. The van der Waals surface area contributed by atoms with E-state index in [0.717, 1.165) is 4.48 Å². The van der Waals surface area contributed by atoms with Gasteiger partial charge in [0.15, 0.2) is 0 Å². The standard InChI is InChI=1S/C12H15BrN2O2/c1-3-10(13)5-4-9(2)15-7-6-11(12(15)17)14-8-16/h3-5,8,11H,2,6-7H2,1H3,(H,14,16)/b5-4-,10-3+. The maximum absolute atomic E-state index is 11.8.